The normalized spacial score (nSPS) is 10.8. The molecule has 0 saturated carbocycles. The van der Waals surface area contributed by atoms with Crippen LogP contribution in [-0.2, 0) is 9.53 Å². The van der Waals surface area contributed by atoms with Gasteiger partial charge in [-0.3, -0.25) is 4.79 Å². The Morgan fingerprint density at radius 1 is 1.38 bits per heavy atom. The number of benzene rings is 1. The Balaban J connectivity index is 2.65. The minimum absolute atomic E-state index is 0.213. The van der Waals surface area contributed by atoms with Crippen LogP contribution < -0.4 is 0 Å². The van der Waals surface area contributed by atoms with Crippen LogP contribution in [0.2, 0.25) is 0 Å². The SMILES string of the molecule is O=COC#CC(O)c1ccccc1. The summed E-state index contributed by atoms with van der Waals surface area (Å²) in [6.45, 7) is 0.213. The molecular weight excluding hydrogens is 168 g/mol. The Bertz CT molecular complexity index is 321. The smallest absolute Gasteiger partial charge is 0.307 e. The number of aliphatic hydroxyl groups is 1. The summed E-state index contributed by atoms with van der Waals surface area (Å²) < 4.78 is 4.12. The van der Waals surface area contributed by atoms with Crippen LogP contribution in [-0.4, -0.2) is 11.6 Å². The van der Waals surface area contributed by atoms with Gasteiger partial charge >= 0.3 is 6.47 Å². The monoisotopic (exact) mass is 176 g/mol. The fraction of sp³-hybridized carbons (Fsp3) is 0.100. The third-order valence-corrected chi connectivity index (χ3v) is 1.42. The molecule has 0 aliphatic rings. The van der Waals surface area contributed by atoms with E-state index in [2.05, 4.69) is 16.8 Å². The second-order valence-corrected chi connectivity index (χ2v) is 2.27. The Hall–Kier alpha value is -1.79. The zero-order valence-corrected chi connectivity index (χ0v) is 6.81. The summed E-state index contributed by atoms with van der Waals surface area (Å²) in [6.07, 6.45) is 1.15. The van der Waals surface area contributed by atoms with E-state index in [1.807, 2.05) is 6.07 Å². The lowest BCUT2D eigenvalue weighted by Crippen LogP contribution is -1.92. The summed E-state index contributed by atoms with van der Waals surface area (Å²) in [5.74, 6) is 2.35. The van der Waals surface area contributed by atoms with Crippen LogP contribution in [0.3, 0.4) is 0 Å². The Morgan fingerprint density at radius 3 is 2.69 bits per heavy atom. The molecule has 0 amide bonds. The van der Waals surface area contributed by atoms with Crippen molar-refractivity contribution in [3.05, 3.63) is 35.9 Å². The fourth-order valence-electron chi connectivity index (χ4n) is 0.833. The van der Waals surface area contributed by atoms with E-state index in [4.69, 9.17) is 0 Å². The summed E-state index contributed by atoms with van der Waals surface area (Å²) in [5, 5.41) is 9.38. The molecule has 0 aliphatic heterocycles. The summed E-state index contributed by atoms with van der Waals surface area (Å²) >= 11 is 0. The predicted octanol–water partition coefficient (Wildman–Crippen LogP) is 0.854. The molecule has 0 aliphatic carbocycles. The maximum absolute atomic E-state index is 9.72. The van der Waals surface area contributed by atoms with Gasteiger partial charge in [0.05, 0.1) is 0 Å². The lowest BCUT2D eigenvalue weighted by atomic mass is 10.1. The molecule has 0 bridgehead atoms. The van der Waals surface area contributed by atoms with Crippen molar-refractivity contribution in [2.45, 2.75) is 6.10 Å². The van der Waals surface area contributed by atoms with Crippen LogP contribution in [0.25, 0.3) is 0 Å². The van der Waals surface area contributed by atoms with Gasteiger partial charge in [-0.1, -0.05) is 30.3 Å². The van der Waals surface area contributed by atoms with Crippen molar-refractivity contribution in [3.63, 3.8) is 0 Å². The van der Waals surface area contributed by atoms with Gasteiger partial charge in [-0.05, 0) is 11.5 Å². The van der Waals surface area contributed by atoms with Crippen molar-refractivity contribution < 1.29 is 14.6 Å². The molecule has 1 aromatic rings. The third-order valence-electron chi connectivity index (χ3n) is 1.42. The maximum atomic E-state index is 9.72. The minimum Gasteiger partial charge on any atom is -0.376 e. The molecule has 3 heteroatoms. The molecule has 3 nitrogen and oxygen atoms in total. The van der Waals surface area contributed by atoms with Gasteiger partial charge in [0.1, 0.15) is 12.2 Å². The van der Waals surface area contributed by atoms with Gasteiger partial charge in [0, 0.05) is 0 Å². The quantitative estimate of drug-likeness (QED) is 0.536. The third kappa shape index (κ3) is 2.97. The first-order chi connectivity index (χ1) is 6.34. The molecule has 1 rings (SSSR count). The van der Waals surface area contributed by atoms with E-state index < -0.39 is 6.10 Å². The molecule has 1 unspecified atom stereocenters. The molecule has 0 spiro atoms. The lowest BCUT2D eigenvalue weighted by Gasteiger charge is -2.00. The number of ether oxygens (including phenoxy) is 1. The average molecular weight is 176 g/mol. The summed E-state index contributed by atoms with van der Waals surface area (Å²) in [6, 6.07) is 8.90. The molecular formula is C10H8O3. The standard InChI is InChI=1S/C10H8O3/c11-8-13-7-6-10(12)9-4-2-1-3-5-9/h1-5,8,10,12H. The Kier molecular flexibility index (Phi) is 3.55. The number of hydrogen-bond donors (Lipinski definition) is 1. The van der Waals surface area contributed by atoms with E-state index >= 15 is 0 Å². The molecule has 0 radical (unpaired) electrons. The van der Waals surface area contributed by atoms with Crippen LogP contribution in [0.15, 0.2) is 30.3 Å². The summed E-state index contributed by atoms with van der Waals surface area (Å²) in [7, 11) is 0. The van der Waals surface area contributed by atoms with E-state index in [-0.39, 0.29) is 6.47 Å². The largest absolute Gasteiger partial charge is 0.376 e. The first-order valence-corrected chi connectivity index (χ1v) is 3.67. The highest BCUT2D eigenvalue weighted by Crippen LogP contribution is 2.09. The lowest BCUT2D eigenvalue weighted by molar-refractivity contribution is -0.122. The number of aliphatic hydroxyl groups excluding tert-OH is 1. The highest BCUT2D eigenvalue weighted by molar-refractivity contribution is 5.39. The first-order valence-electron chi connectivity index (χ1n) is 3.67. The van der Waals surface area contributed by atoms with Crippen LogP contribution >= 0.6 is 0 Å². The Labute approximate surface area is 76.0 Å². The van der Waals surface area contributed by atoms with Gasteiger partial charge in [-0.2, -0.15) is 0 Å². The number of rotatable bonds is 2. The fourth-order valence-corrected chi connectivity index (χ4v) is 0.833. The molecule has 0 heterocycles. The Morgan fingerprint density at radius 2 is 2.08 bits per heavy atom. The topological polar surface area (TPSA) is 46.5 Å². The van der Waals surface area contributed by atoms with Crippen molar-refractivity contribution in [1.82, 2.24) is 0 Å². The van der Waals surface area contributed by atoms with Gasteiger partial charge in [-0.15, -0.1) is 0 Å². The van der Waals surface area contributed by atoms with Crippen molar-refractivity contribution in [2.75, 3.05) is 0 Å². The predicted molar refractivity (Wildman–Crippen MR) is 46.3 cm³/mol. The average Bonchev–Trinajstić information content (AvgIpc) is 2.19. The van der Waals surface area contributed by atoms with Crippen molar-refractivity contribution in [1.29, 1.82) is 0 Å². The second-order valence-electron chi connectivity index (χ2n) is 2.27. The van der Waals surface area contributed by atoms with Gasteiger partial charge < -0.3 is 9.84 Å². The molecule has 1 aromatic carbocycles. The zero-order chi connectivity index (χ0) is 9.52. The van der Waals surface area contributed by atoms with E-state index in [1.165, 1.54) is 0 Å². The van der Waals surface area contributed by atoms with Gasteiger partial charge in [0.15, 0.2) is 0 Å². The van der Waals surface area contributed by atoms with Crippen LogP contribution in [0.1, 0.15) is 11.7 Å². The molecule has 0 fully saturated rings. The van der Waals surface area contributed by atoms with E-state index in [1.54, 1.807) is 24.3 Å². The number of hydrogen-bond acceptors (Lipinski definition) is 3. The van der Waals surface area contributed by atoms with E-state index in [9.17, 15) is 9.90 Å². The van der Waals surface area contributed by atoms with Gasteiger partial charge in [-0.25, -0.2) is 0 Å². The highest BCUT2D eigenvalue weighted by Gasteiger charge is 2.00. The first kappa shape index (κ1) is 9.30. The van der Waals surface area contributed by atoms with Crippen molar-refractivity contribution >= 4 is 6.47 Å². The molecule has 0 aromatic heterocycles. The van der Waals surface area contributed by atoms with Crippen molar-refractivity contribution in [2.24, 2.45) is 0 Å². The number of carbonyl (C=O) groups excluding carboxylic acids is 1. The van der Waals surface area contributed by atoms with Crippen LogP contribution in [0, 0.1) is 12.0 Å². The van der Waals surface area contributed by atoms with Crippen molar-refractivity contribution in [3.8, 4) is 12.0 Å². The molecule has 1 atom stereocenters. The van der Waals surface area contributed by atoms with Crippen LogP contribution in [0.5, 0.6) is 0 Å². The van der Waals surface area contributed by atoms with Gasteiger partial charge in [0.2, 0.25) is 0 Å². The molecule has 0 saturated heterocycles. The van der Waals surface area contributed by atoms with Gasteiger partial charge in [0.25, 0.3) is 0 Å². The maximum Gasteiger partial charge on any atom is 0.307 e. The molecule has 66 valence electrons. The summed E-state index contributed by atoms with van der Waals surface area (Å²) in [4.78, 5) is 9.72. The molecule has 1 N–H and O–H groups in total. The minimum atomic E-state index is -0.916. The molecule has 13 heavy (non-hydrogen) atoms. The summed E-state index contributed by atoms with van der Waals surface area (Å²) in [5.41, 5.74) is 0.671. The van der Waals surface area contributed by atoms with Crippen LogP contribution in [0.4, 0.5) is 0 Å². The van der Waals surface area contributed by atoms with E-state index in [0.29, 0.717) is 5.56 Å². The second kappa shape index (κ2) is 4.96. The van der Waals surface area contributed by atoms with E-state index in [0.717, 1.165) is 0 Å². The zero-order valence-electron chi connectivity index (χ0n) is 6.81. The number of carbonyl (C=O) groups is 1. The highest BCUT2D eigenvalue weighted by atomic mass is 16.5.